The molecule has 1 amide bonds. The molecular formula is C13H16FNO3. The maximum atomic E-state index is 13.0. The van der Waals surface area contributed by atoms with Crippen molar-refractivity contribution in [3.8, 4) is 0 Å². The maximum absolute atomic E-state index is 13.0. The number of carbonyl (C=O) groups excluding carboxylic acids is 2. The molecule has 0 fully saturated rings. The minimum absolute atomic E-state index is 0.0219. The van der Waals surface area contributed by atoms with Crippen LogP contribution < -0.4 is 5.32 Å². The molecule has 18 heavy (non-hydrogen) atoms. The van der Waals surface area contributed by atoms with Gasteiger partial charge in [-0.2, -0.15) is 0 Å². The van der Waals surface area contributed by atoms with Crippen molar-refractivity contribution >= 4 is 17.6 Å². The van der Waals surface area contributed by atoms with Crippen LogP contribution in [0.4, 0.5) is 10.1 Å². The van der Waals surface area contributed by atoms with Crippen LogP contribution in [-0.4, -0.2) is 18.5 Å². The quantitative estimate of drug-likeness (QED) is 0.820. The Hall–Kier alpha value is -1.91. The number of aryl methyl sites for hydroxylation is 1. The number of ether oxygens (including phenoxy) is 1. The minimum Gasteiger partial charge on any atom is -0.466 e. The summed E-state index contributed by atoms with van der Waals surface area (Å²) < 4.78 is 17.7. The summed E-state index contributed by atoms with van der Waals surface area (Å²) >= 11 is 0. The van der Waals surface area contributed by atoms with E-state index in [1.807, 2.05) is 0 Å². The van der Waals surface area contributed by atoms with E-state index >= 15 is 0 Å². The van der Waals surface area contributed by atoms with Gasteiger partial charge >= 0.3 is 5.97 Å². The number of rotatable bonds is 5. The van der Waals surface area contributed by atoms with Crippen molar-refractivity contribution in [2.75, 3.05) is 11.9 Å². The molecule has 0 spiro atoms. The van der Waals surface area contributed by atoms with Gasteiger partial charge in [0.15, 0.2) is 0 Å². The molecule has 0 radical (unpaired) electrons. The molecule has 0 aliphatic rings. The topological polar surface area (TPSA) is 55.4 Å². The van der Waals surface area contributed by atoms with E-state index in [1.165, 1.54) is 12.1 Å². The highest BCUT2D eigenvalue weighted by Crippen LogP contribution is 2.16. The molecule has 1 aromatic rings. The second kappa shape index (κ2) is 6.74. The average Bonchev–Trinajstić information content (AvgIpc) is 2.32. The largest absolute Gasteiger partial charge is 0.466 e. The molecule has 98 valence electrons. The Morgan fingerprint density at radius 3 is 2.72 bits per heavy atom. The summed E-state index contributed by atoms with van der Waals surface area (Å²) in [5.74, 6) is -1.17. The highest BCUT2D eigenvalue weighted by molar-refractivity contribution is 5.93. The number of nitrogens with one attached hydrogen (secondary N) is 1. The monoisotopic (exact) mass is 253 g/mol. The second-order valence-electron chi connectivity index (χ2n) is 3.81. The zero-order chi connectivity index (χ0) is 13.5. The normalized spacial score (nSPS) is 9.94. The van der Waals surface area contributed by atoms with Crippen molar-refractivity contribution in [2.24, 2.45) is 0 Å². The molecule has 1 rings (SSSR count). The molecule has 0 aliphatic carbocycles. The lowest BCUT2D eigenvalue weighted by molar-refractivity contribution is -0.144. The second-order valence-corrected chi connectivity index (χ2v) is 3.81. The number of esters is 1. The molecule has 0 unspecified atom stereocenters. The Labute approximate surface area is 105 Å². The Balaban J connectivity index is 2.49. The molecule has 0 atom stereocenters. The van der Waals surface area contributed by atoms with Crippen LogP contribution in [0.15, 0.2) is 18.2 Å². The number of benzene rings is 1. The lowest BCUT2D eigenvalue weighted by atomic mass is 10.2. The van der Waals surface area contributed by atoms with Crippen LogP contribution >= 0.6 is 0 Å². The van der Waals surface area contributed by atoms with Crippen LogP contribution in [0.5, 0.6) is 0 Å². The first-order valence-corrected chi connectivity index (χ1v) is 5.74. The summed E-state index contributed by atoms with van der Waals surface area (Å²) in [5, 5.41) is 2.56. The van der Waals surface area contributed by atoms with Gasteiger partial charge in [0.25, 0.3) is 0 Å². The first-order chi connectivity index (χ1) is 8.52. The number of halogens is 1. The van der Waals surface area contributed by atoms with Gasteiger partial charge in [-0.1, -0.05) is 6.07 Å². The Morgan fingerprint density at radius 1 is 1.33 bits per heavy atom. The lowest BCUT2D eigenvalue weighted by Crippen LogP contribution is -2.15. The van der Waals surface area contributed by atoms with Crippen LogP contribution in [-0.2, 0) is 14.3 Å². The van der Waals surface area contributed by atoms with E-state index in [0.717, 1.165) is 5.56 Å². The van der Waals surface area contributed by atoms with E-state index in [2.05, 4.69) is 5.32 Å². The molecule has 0 saturated heterocycles. The first kappa shape index (κ1) is 14.2. The Kier molecular flexibility index (Phi) is 5.30. The number of carbonyl (C=O) groups is 2. The van der Waals surface area contributed by atoms with Gasteiger partial charge in [-0.15, -0.1) is 0 Å². The van der Waals surface area contributed by atoms with Crippen LogP contribution in [0, 0.1) is 12.7 Å². The van der Waals surface area contributed by atoms with Gasteiger partial charge in [-0.3, -0.25) is 9.59 Å². The van der Waals surface area contributed by atoms with Crippen molar-refractivity contribution < 1.29 is 18.7 Å². The highest BCUT2D eigenvalue weighted by atomic mass is 19.1. The fourth-order valence-corrected chi connectivity index (χ4v) is 1.39. The zero-order valence-corrected chi connectivity index (χ0v) is 10.5. The summed E-state index contributed by atoms with van der Waals surface area (Å²) in [6, 6.07) is 4.15. The van der Waals surface area contributed by atoms with Crippen LogP contribution in [0.1, 0.15) is 25.3 Å². The number of hydrogen-bond acceptors (Lipinski definition) is 3. The SMILES string of the molecule is CCOC(=O)CCC(=O)Nc1cc(F)ccc1C. The number of anilines is 1. The molecule has 5 heteroatoms. The average molecular weight is 253 g/mol. The van der Waals surface area contributed by atoms with Gasteiger partial charge in [0.2, 0.25) is 5.91 Å². The molecule has 1 aromatic carbocycles. The molecule has 0 heterocycles. The first-order valence-electron chi connectivity index (χ1n) is 5.74. The van der Waals surface area contributed by atoms with Crippen molar-refractivity contribution in [1.29, 1.82) is 0 Å². The summed E-state index contributed by atoms with van der Waals surface area (Å²) in [6.07, 6.45) is 0.0445. The van der Waals surface area contributed by atoms with E-state index < -0.39 is 11.8 Å². The van der Waals surface area contributed by atoms with Gasteiger partial charge in [0.1, 0.15) is 5.82 Å². The molecular weight excluding hydrogens is 237 g/mol. The summed E-state index contributed by atoms with van der Waals surface area (Å²) in [7, 11) is 0. The maximum Gasteiger partial charge on any atom is 0.306 e. The van der Waals surface area contributed by atoms with Crippen molar-refractivity contribution in [3.63, 3.8) is 0 Å². The Bertz CT molecular complexity index is 446. The highest BCUT2D eigenvalue weighted by Gasteiger charge is 2.09. The van der Waals surface area contributed by atoms with Gasteiger partial charge in [-0.25, -0.2) is 4.39 Å². The van der Waals surface area contributed by atoms with Crippen LogP contribution in [0.3, 0.4) is 0 Å². The summed E-state index contributed by atoms with van der Waals surface area (Å²) in [5.41, 5.74) is 1.18. The molecule has 0 aliphatic heterocycles. The predicted molar refractivity (Wildman–Crippen MR) is 65.6 cm³/mol. The van der Waals surface area contributed by atoms with Crippen molar-refractivity contribution in [3.05, 3.63) is 29.6 Å². The van der Waals surface area contributed by atoms with Crippen molar-refractivity contribution in [2.45, 2.75) is 26.7 Å². The van der Waals surface area contributed by atoms with E-state index in [-0.39, 0.29) is 18.7 Å². The third-order valence-electron chi connectivity index (χ3n) is 2.34. The number of hydrogen-bond donors (Lipinski definition) is 1. The summed E-state index contributed by atoms with van der Waals surface area (Å²) in [4.78, 5) is 22.6. The van der Waals surface area contributed by atoms with E-state index in [0.29, 0.717) is 12.3 Å². The van der Waals surface area contributed by atoms with Gasteiger partial charge in [-0.05, 0) is 31.5 Å². The summed E-state index contributed by atoms with van der Waals surface area (Å²) in [6.45, 7) is 3.76. The third kappa shape index (κ3) is 4.53. The minimum atomic E-state index is -0.415. The smallest absolute Gasteiger partial charge is 0.306 e. The fourth-order valence-electron chi connectivity index (χ4n) is 1.39. The third-order valence-corrected chi connectivity index (χ3v) is 2.34. The lowest BCUT2D eigenvalue weighted by Gasteiger charge is -2.08. The van der Waals surface area contributed by atoms with Gasteiger partial charge in [0, 0.05) is 12.1 Å². The van der Waals surface area contributed by atoms with Crippen LogP contribution in [0.25, 0.3) is 0 Å². The zero-order valence-electron chi connectivity index (χ0n) is 10.5. The molecule has 0 bridgehead atoms. The van der Waals surface area contributed by atoms with Gasteiger partial charge in [0.05, 0.1) is 13.0 Å². The Morgan fingerprint density at radius 2 is 2.06 bits per heavy atom. The van der Waals surface area contributed by atoms with E-state index in [1.54, 1.807) is 19.9 Å². The molecule has 0 saturated carbocycles. The van der Waals surface area contributed by atoms with Gasteiger partial charge < -0.3 is 10.1 Å². The molecule has 4 nitrogen and oxygen atoms in total. The number of amides is 1. The van der Waals surface area contributed by atoms with Crippen molar-refractivity contribution in [1.82, 2.24) is 0 Å². The van der Waals surface area contributed by atoms with Crippen LogP contribution in [0.2, 0.25) is 0 Å². The van der Waals surface area contributed by atoms with E-state index in [9.17, 15) is 14.0 Å². The molecule has 0 aromatic heterocycles. The predicted octanol–water partition coefficient (Wildman–Crippen LogP) is 2.42. The van der Waals surface area contributed by atoms with E-state index in [4.69, 9.17) is 4.74 Å². The molecule has 1 N–H and O–H groups in total. The standard InChI is InChI=1S/C13H16FNO3/c1-3-18-13(17)7-6-12(16)15-11-8-10(14)5-4-9(11)2/h4-5,8H,3,6-7H2,1-2H3,(H,15,16). The fraction of sp³-hybridized carbons (Fsp3) is 0.385.